The molecule has 1 aromatic carbocycles. The van der Waals surface area contributed by atoms with Crippen molar-refractivity contribution >= 4 is 5.78 Å². The van der Waals surface area contributed by atoms with Crippen LogP contribution in [0.15, 0.2) is 48.8 Å². The van der Waals surface area contributed by atoms with Gasteiger partial charge >= 0.3 is 0 Å². The van der Waals surface area contributed by atoms with E-state index in [1.165, 1.54) is 0 Å². The summed E-state index contributed by atoms with van der Waals surface area (Å²) in [4.78, 5) is 15.5. The van der Waals surface area contributed by atoms with Crippen LogP contribution in [-0.4, -0.2) is 17.4 Å². The number of ether oxygens (including phenoxy) is 1. The molecule has 2 aromatic rings. The molecule has 0 saturated heterocycles. The lowest BCUT2D eigenvalue weighted by atomic mass is 10.1. The molecule has 0 atom stereocenters. The molecule has 0 N–H and O–H groups in total. The molecule has 3 nitrogen and oxygen atoms in total. The second-order valence-corrected chi connectivity index (χ2v) is 4.01. The van der Waals surface area contributed by atoms with Gasteiger partial charge in [0.05, 0.1) is 12.2 Å². The molecule has 0 spiro atoms. The zero-order valence-corrected chi connectivity index (χ0v) is 10.3. The maximum Gasteiger partial charge on any atom is 0.163 e. The summed E-state index contributed by atoms with van der Waals surface area (Å²) in [5, 5.41) is 0. The number of pyridine rings is 1. The average Bonchev–Trinajstić information content (AvgIpc) is 2.40. The summed E-state index contributed by atoms with van der Waals surface area (Å²) in [5.74, 6) is 0.667. The number of hydrogen-bond acceptors (Lipinski definition) is 3. The summed E-state index contributed by atoms with van der Waals surface area (Å²) in [6.07, 6.45) is 4.34. The third kappa shape index (κ3) is 3.17. The van der Waals surface area contributed by atoms with Crippen molar-refractivity contribution in [3.05, 3.63) is 59.9 Å². The Morgan fingerprint density at radius 3 is 2.78 bits per heavy atom. The Kier molecular flexibility index (Phi) is 4.07. The molecule has 92 valence electrons. The fourth-order valence-electron chi connectivity index (χ4n) is 1.71. The molecule has 0 amide bonds. The second kappa shape index (κ2) is 5.96. The first kappa shape index (κ1) is 12.3. The van der Waals surface area contributed by atoms with Crippen molar-refractivity contribution in [2.24, 2.45) is 0 Å². The van der Waals surface area contributed by atoms with Gasteiger partial charge in [-0.05, 0) is 30.7 Å². The number of para-hydroxylation sites is 1. The fourth-order valence-corrected chi connectivity index (χ4v) is 1.71. The molecule has 2 rings (SSSR count). The minimum Gasteiger partial charge on any atom is -0.492 e. The Balaban J connectivity index is 1.97. The molecule has 18 heavy (non-hydrogen) atoms. The van der Waals surface area contributed by atoms with Gasteiger partial charge in [0.1, 0.15) is 5.75 Å². The lowest BCUT2D eigenvalue weighted by Gasteiger charge is -2.09. The number of aromatic nitrogens is 1. The van der Waals surface area contributed by atoms with Gasteiger partial charge in [0.15, 0.2) is 5.78 Å². The molecule has 0 aliphatic rings. The first-order valence-corrected chi connectivity index (χ1v) is 5.89. The van der Waals surface area contributed by atoms with E-state index < -0.39 is 0 Å². The van der Waals surface area contributed by atoms with Crippen LogP contribution < -0.4 is 4.74 Å². The zero-order valence-electron chi connectivity index (χ0n) is 10.3. The van der Waals surface area contributed by atoms with E-state index in [9.17, 15) is 4.79 Å². The Morgan fingerprint density at radius 2 is 2.06 bits per heavy atom. The van der Waals surface area contributed by atoms with Crippen LogP contribution >= 0.6 is 0 Å². The minimum atomic E-state index is 0.0203. The van der Waals surface area contributed by atoms with Crippen LogP contribution in [0.5, 0.6) is 5.75 Å². The molecular weight excluding hydrogens is 226 g/mol. The van der Waals surface area contributed by atoms with Crippen LogP contribution in [0, 0.1) is 0 Å². The van der Waals surface area contributed by atoms with Gasteiger partial charge in [0.25, 0.3) is 0 Å². The van der Waals surface area contributed by atoms with E-state index in [0.717, 1.165) is 12.0 Å². The molecule has 0 radical (unpaired) electrons. The summed E-state index contributed by atoms with van der Waals surface area (Å²) < 4.78 is 5.65. The van der Waals surface area contributed by atoms with E-state index in [-0.39, 0.29) is 5.78 Å². The number of benzene rings is 1. The van der Waals surface area contributed by atoms with Crippen molar-refractivity contribution in [2.45, 2.75) is 13.3 Å². The standard InChI is InChI=1S/C15H15NO2/c1-12(17)14-6-2-3-7-15(14)18-10-8-13-5-4-9-16-11-13/h2-7,9,11H,8,10H2,1H3. The average molecular weight is 241 g/mol. The summed E-state index contributed by atoms with van der Waals surface area (Å²) in [6, 6.07) is 11.2. The van der Waals surface area contributed by atoms with Crippen molar-refractivity contribution < 1.29 is 9.53 Å². The number of hydrogen-bond donors (Lipinski definition) is 0. The monoisotopic (exact) mass is 241 g/mol. The lowest BCUT2D eigenvalue weighted by Crippen LogP contribution is -2.05. The van der Waals surface area contributed by atoms with E-state index in [1.54, 1.807) is 19.2 Å². The predicted molar refractivity (Wildman–Crippen MR) is 69.9 cm³/mol. The van der Waals surface area contributed by atoms with Gasteiger partial charge in [-0.15, -0.1) is 0 Å². The third-order valence-electron chi connectivity index (χ3n) is 2.64. The van der Waals surface area contributed by atoms with Gasteiger partial charge in [0, 0.05) is 18.8 Å². The van der Waals surface area contributed by atoms with Gasteiger partial charge < -0.3 is 4.74 Å². The highest BCUT2D eigenvalue weighted by atomic mass is 16.5. The van der Waals surface area contributed by atoms with Gasteiger partial charge in [-0.25, -0.2) is 0 Å². The lowest BCUT2D eigenvalue weighted by molar-refractivity contribution is 0.101. The molecule has 0 unspecified atom stereocenters. The minimum absolute atomic E-state index is 0.0203. The third-order valence-corrected chi connectivity index (χ3v) is 2.64. The molecule has 0 bridgehead atoms. The van der Waals surface area contributed by atoms with Crippen LogP contribution in [0.1, 0.15) is 22.8 Å². The molecule has 1 heterocycles. The SMILES string of the molecule is CC(=O)c1ccccc1OCCc1cccnc1. The zero-order chi connectivity index (χ0) is 12.8. The van der Waals surface area contributed by atoms with Crippen LogP contribution in [0.3, 0.4) is 0 Å². The first-order chi connectivity index (χ1) is 8.77. The molecule has 0 aliphatic carbocycles. The first-order valence-electron chi connectivity index (χ1n) is 5.89. The maximum absolute atomic E-state index is 11.4. The van der Waals surface area contributed by atoms with Crippen LogP contribution in [-0.2, 0) is 6.42 Å². The van der Waals surface area contributed by atoms with E-state index in [2.05, 4.69) is 4.98 Å². The van der Waals surface area contributed by atoms with Crippen LogP contribution in [0.25, 0.3) is 0 Å². The number of nitrogens with zero attached hydrogens (tertiary/aromatic N) is 1. The second-order valence-electron chi connectivity index (χ2n) is 4.01. The van der Waals surface area contributed by atoms with E-state index in [1.807, 2.05) is 36.5 Å². The van der Waals surface area contributed by atoms with Crippen molar-refractivity contribution in [1.82, 2.24) is 4.98 Å². The highest BCUT2D eigenvalue weighted by Gasteiger charge is 2.06. The van der Waals surface area contributed by atoms with E-state index >= 15 is 0 Å². The largest absolute Gasteiger partial charge is 0.492 e. The van der Waals surface area contributed by atoms with E-state index in [4.69, 9.17) is 4.74 Å². The Morgan fingerprint density at radius 1 is 1.22 bits per heavy atom. The molecule has 0 aliphatic heterocycles. The number of Topliss-reactive ketones (excluding diaryl/α,β-unsaturated/α-hetero) is 1. The van der Waals surface area contributed by atoms with Crippen molar-refractivity contribution in [2.75, 3.05) is 6.61 Å². The maximum atomic E-state index is 11.4. The summed E-state index contributed by atoms with van der Waals surface area (Å²) in [5.41, 5.74) is 1.75. The van der Waals surface area contributed by atoms with Crippen LogP contribution in [0.2, 0.25) is 0 Å². The van der Waals surface area contributed by atoms with Crippen molar-refractivity contribution in [1.29, 1.82) is 0 Å². The molecular formula is C15H15NO2. The molecule has 0 fully saturated rings. The Hall–Kier alpha value is -2.16. The Bertz CT molecular complexity index is 523. The molecule has 0 saturated carbocycles. The number of ketones is 1. The highest BCUT2D eigenvalue weighted by molar-refractivity contribution is 5.96. The fraction of sp³-hybridized carbons (Fsp3) is 0.200. The van der Waals surface area contributed by atoms with Gasteiger partial charge in [-0.3, -0.25) is 9.78 Å². The van der Waals surface area contributed by atoms with E-state index in [0.29, 0.717) is 17.9 Å². The van der Waals surface area contributed by atoms with Gasteiger partial charge in [-0.2, -0.15) is 0 Å². The number of carbonyl (C=O) groups is 1. The highest BCUT2D eigenvalue weighted by Crippen LogP contribution is 2.18. The predicted octanol–water partition coefficient (Wildman–Crippen LogP) is 2.91. The molecule has 1 aromatic heterocycles. The topological polar surface area (TPSA) is 39.2 Å². The number of rotatable bonds is 5. The van der Waals surface area contributed by atoms with Crippen molar-refractivity contribution in [3.8, 4) is 5.75 Å². The summed E-state index contributed by atoms with van der Waals surface area (Å²) >= 11 is 0. The molecule has 3 heteroatoms. The smallest absolute Gasteiger partial charge is 0.163 e. The van der Waals surface area contributed by atoms with Gasteiger partial charge in [-0.1, -0.05) is 18.2 Å². The van der Waals surface area contributed by atoms with Crippen molar-refractivity contribution in [3.63, 3.8) is 0 Å². The summed E-state index contributed by atoms with van der Waals surface area (Å²) in [7, 11) is 0. The quantitative estimate of drug-likeness (QED) is 0.755. The summed E-state index contributed by atoms with van der Waals surface area (Å²) in [6.45, 7) is 2.08. The normalized spacial score (nSPS) is 10.1. The number of carbonyl (C=O) groups excluding carboxylic acids is 1. The Labute approximate surface area is 106 Å². The van der Waals surface area contributed by atoms with Crippen LogP contribution in [0.4, 0.5) is 0 Å². The van der Waals surface area contributed by atoms with Gasteiger partial charge in [0.2, 0.25) is 0 Å².